The van der Waals surface area contributed by atoms with Crippen LogP contribution in [0.1, 0.15) is 143 Å². The molecule has 0 fully saturated rings. The van der Waals surface area contributed by atoms with Gasteiger partial charge in [-0.1, -0.05) is 133 Å². The predicted molar refractivity (Wildman–Crippen MR) is 171 cm³/mol. The number of allylic oxidation sites excluding steroid dienone is 1. The van der Waals surface area contributed by atoms with Crippen molar-refractivity contribution in [2.24, 2.45) is 10.8 Å². The normalized spacial score (nSPS) is 15.9. The van der Waals surface area contributed by atoms with Crippen molar-refractivity contribution < 1.29 is 4.32 Å². The molecule has 39 heavy (non-hydrogen) atoms. The lowest BCUT2D eigenvalue weighted by Gasteiger charge is -2.52. The molecule has 2 aromatic rings. The van der Waals surface area contributed by atoms with Gasteiger partial charge in [0.05, 0.1) is 6.04 Å². The number of hydrogen-bond acceptors (Lipinski definition) is 2. The molecule has 1 aliphatic heterocycles. The summed E-state index contributed by atoms with van der Waals surface area (Å²) in [6.07, 6.45) is 2.30. The summed E-state index contributed by atoms with van der Waals surface area (Å²) in [5.74, 6) is 1.07. The minimum atomic E-state index is -1.38. The van der Waals surface area contributed by atoms with E-state index in [-0.39, 0.29) is 34.5 Å². The smallest absolute Gasteiger partial charge is 0.354 e. The van der Waals surface area contributed by atoms with Crippen LogP contribution in [0.2, 0.25) is 0 Å². The fraction of sp³-hybridized carbons (Fsp3) is 0.571. The van der Waals surface area contributed by atoms with Crippen LogP contribution in [0, 0.1) is 16.9 Å². The summed E-state index contributed by atoms with van der Waals surface area (Å²) >= 11 is 0. The van der Waals surface area contributed by atoms with Crippen molar-refractivity contribution in [2.75, 3.05) is 9.62 Å². The number of halogens is 1. The second-order valence-electron chi connectivity index (χ2n) is 14.7. The molecular weight excluding hydrogens is 478 g/mol. The molecule has 0 aromatic heterocycles. The number of nitrogens with zero attached hydrogens (tertiary/aromatic N) is 2. The highest BCUT2D eigenvalue weighted by Gasteiger charge is 2.51. The molecule has 0 spiro atoms. The van der Waals surface area contributed by atoms with Gasteiger partial charge in [0, 0.05) is 22.5 Å². The topological polar surface area (TPSA) is 6.48 Å². The maximum absolute atomic E-state index is 18.0. The third-order valence-corrected chi connectivity index (χ3v) is 7.92. The molecule has 0 unspecified atom stereocenters. The Bertz CT molecular complexity index is 1130. The van der Waals surface area contributed by atoms with Crippen LogP contribution < -0.4 is 9.62 Å². The lowest BCUT2D eigenvalue weighted by atomic mass is 9.71. The highest BCUT2D eigenvalue weighted by atomic mass is 19.1. The van der Waals surface area contributed by atoms with Crippen molar-refractivity contribution in [3.8, 4) is 0 Å². The molecule has 213 valence electrons. The largest absolute Gasteiger partial charge is 0.593 e. The van der Waals surface area contributed by atoms with E-state index in [0.717, 1.165) is 23.1 Å². The van der Waals surface area contributed by atoms with E-state index in [1.165, 1.54) is 22.3 Å². The van der Waals surface area contributed by atoms with E-state index in [0.29, 0.717) is 0 Å². The highest BCUT2D eigenvalue weighted by molar-refractivity contribution is 6.63. The zero-order valence-electron chi connectivity index (χ0n) is 27.2. The van der Waals surface area contributed by atoms with Crippen molar-refractivity contribution in [3.05, 3.63) is 76.5 Å². The SMILES string of the molecule is CC(C)c1cccc(C(C)C)c1N1B(F)N(c2c(C(C)C)cccc2C(C)C)C(C(C)(C)C)=C[C]1C(C)(C)C. The van der Waals surface area contributed by atoms with Gasteiger partial charge in [-0.05, 0) is 57.4 Å². The molecule has 2 aromatic carbocycles. The first kappa shape index (κ1) is 31.3. The quantitative estimate of drug-likeness (QED) is 0.342. The summed E-state index contributed by atoms with van der Waals surface area (Å²) in [5, 5.41) is 0. The van der Waals surface area contributed by atoms with E-state index in [2.05, 4.69) is 139 Å². The van der Waals surface area contributed by atoms with Gasteiger partial charge in [0.15, 0.2) is 0 Å². The van der Waals surface area contributed by atoms with Crippen LogP contribution in [0.5, 0.6) is 0 Å². The molecule has 0 saturated carbocycles. The number of rotatable bonds is 6. The van der Waals surface area contributed by atoms with Crippen LogP contribution in [-0.2, 0) is 0 Å². The zero-order chi connectivity index (χ0) is 29.6. The molecule has 1 aliphatic rings. The van der Waals surface area contributed by atoms with Crippen LogP contribution in [-0.4, -0.2) is 7.26 Å². The van der Waals surface area contributed by atoms with E-state index in [4.69, 9.17) is 0 Å². The second kappa shape index (κ2) is 11.3. The lowest BCUT2D eigenvalue weighted by molar-refractivity contribution is 0.425. The van der Waals surface area contributed by atoms with Gasteiger partial charge in [0.1, 0.15) is 0 Å². The summed E-state index contributed by atoms with van der Waals surface area (Å²) in [6, 6.07) is 14.1. The van der Waals surface area contributed by atoms with Crippen LogP contribution in [0.4, 0.5) is 15.7 Å². The van der Waals surface area contributed by atoms with Crippen molar-refractivity contribution in [2.45, 2.75) is 121 Å². The van der Waals surface area contributed by atoms with Crippen LogP contribution >= 0.6 is 0 Å². The number of anilines is 2. The Labute approximate surface area is 240 Å². The molecule has 0 saturated heterocycles. The Hall–Kier alpha value is -2.23. The van der Waals surface area contributed by atoms with Crippen LogP contribution in [0.25, 0.3) is 0 Å². The van der Waals surface area contributed by atoms with Gasteiger partial charge < -0.3 is 9.62 Å². The van der Waals surface area contributed by atoms with E-state index in [1.54, 1.807) is 0 Å². The predicted octanol–water partition coefficient (Wildman–Crippen LogP) is 11.0. The average Bonchev–Trinajstić information content (AvgIpc) is 2.81. The standard InChI is InChI=1S/C35H53BFN2/c1-22(2)26-17-15-18-27(23(3)4)32(26)38-30(34(9,10)11)21-31(35(12,13)14)39(36(38)37)33-28(24(5)6)19-16-20-29(33)25(7)8/h15-25H,1-14H3. The number of hydrogen-bond donors (Lipinski definition) is 0. The van der Waals surface area contributed by atoms with Gasteiger partial charge in [-0.25, -0.2) is 0 Å². The molecular formula is C35H53BFN2. The maximum Gasteiger partial charge on any atom is 0.593 e. The lowest BCUT2D eigenvalue weighted by Crippen LogP contribution is -2.59. The van der Waals surface area contributed by atoms with Gasteiger partial charge in [0.25, 0.3) is 0 Å². The molecule has 0 N–H and O–H groups in total. The minimum Gasteiger partial charge on any atom is -0.354 e. The average molecular weight is 532 g/mol. The third kappa shape index (κ3) is 6.10. The van der Waals surface area contributed by atoms with Gasteiger partial charge in [-0.3, -0.25) is 4.32 Å². The fourth-order valence-corrected chi connectivity index (χ4v) is 5.80. The summed E-state index contributed by atoms with van der Waals surface area (Å²) in [6.45, 7) is 31.0. The molecule has 0 bridgehead atoms. The van der Waals surface area contributed by atoms with Gasteiger partial charge >= 0.3 is 7.26 Å². The Morgan fingerprint density at radius 2 is 0.897 bits per heavy atom. The summed E-state index contributed by atoms with van der Waals surface area (Å²) in [4.78, 5) is 4.09. The summed E-state index contributed by atoms with van der Waals surface area (Å²) < 4.78 is 18.0. The molecule has 1 heterocycles. The highest BCUT2D eigenvalue weighted by Crippen LogP contribution is 2.51. The number of benzene rings is 2. The first-order chi connectivity index (χ1) is 17.9. The zero-order valence-corrected chi connectivity index (χ0v) is 27.2. The van der Waals surface area contributed by atoms with Gasteiger partial charge in [0.2, 0.25) is 0 Å². The van der Waals surface area contributed by atoms with Gasteiger partial charge in [-0.15, -0.1) is 0 Å². The Morgan fingerprint density at radius 3 is 1.18 bits per heavy atom. The monoisotopic (exact) mass is 531 g/mol. The Balaban J connectivity index is 2.51. The van der Waals surface area contributed by atoms with Crippen molar-refractivity contribution in [1.82, 2.24) is 0 Å². The van der Waals surface area contributed by atoms with Crippen molar-refractivity contribution >= 4 is 18.6 Å². The first-order valence-electron chi connectivity index (χ1n) is 15.0. The third-order valence-electron chi connectivity index (χ3n) is 7.92. The van der Waals surface area contributed by atoms with E-state index < -0.39 is 7.26 Å². The summed E-state index contributed by atoms with van der Waals surface area (Å²) in [5.41, 5.74) is 7.34. The van der Waals surface area contributed by atoms with Crippen molar-refractivity contribution in [3.63, 3.8) is 0 Å². The first-order valence-corrected chi connectivity index (χ1v) is 15.0. The maximum atomic E-state index is 18.0. The van der Waals surface area contributed by atoms with E-state index in [1.807, 2.05) is 9.62 Å². The molecule has 2 nitrogen and oxygen atoms in total. The fourth-order valence-electron chi connectivity index (χ4n) is 5.80. The van der Waals surface area contributed by atoms with E-state index in [9.17, 15) is 0 Å². The van der Waals surface area contributed by atoms with Crippen LogP contribution in [0.15, 0.2) is 48.2 Å². The number of para-hydroxylation sites is 2. The second-order valence-corrected chi connectivity index (χ2v) is 14.7. The molecule has 3 rings (SSSR count). The molecule has 0 aliphatic carbocycles. The van der Waals surface area contributed by atoms with Crippen molar-refractivity contribution in [1.29, 1.82) is 0 Å². The molecule has 0 amide bonds. The van der Waals surface area contributed by atoms with E-state index >= 15 is 4.32 Å². The Kier molecular flexibility index (Phi) is 9.10. The van der Waals surface area contributed by atoms with Gasteiger partial charge in [-0.2, -0.15) is 0 Å². The van der Waals surface area contributed by atoms with Crippen LogP contribution in [0.3, 0.4) is 0 Å². The minimum absolute atomic E-state index is 0.260. The molecule has 4 heteroatoms. The molecule has 0 atom stereocenters. The Morgan fingerprint density at radius 1 is 0.564 bits per heavy atom. The summed E-state index contributed by atoms with van der Waals surface area (Å²) in [7, 11) is -1.38. The molecule has 1 radical (unpaired) electrons.